The van der Waals surface area contributed by atoms with Crippen LogP contribution in [-0.4, -0.2) is 14.8 Å². The third-order valence-electron chi connectivity index (χ3n) is 4.47. The lowest BCUT2D eigenvalue weighted by molar-refractivity contribution is 0.875. The second-order valence-electron chi connectivity index (χ2n) is 6.24. The summed E-state index contributed by atoms with van der Waals surface area (Å²) in [6.07, 6.45) is 0. The molecule has 0 aliphatic rings. The van der Waals surface area contributed by atoms with E-state index in [1.165, 1.54) is 0 Å². The van der Waals surface area contributed by atoms with Crippen LogP contribution in [0.5, 0.6) is 0 Å². The Hall–Kier alpha value is -3.65. The summed E-state index contributed by atoms with van der Waals surface area (Å²) in [6.45, 7) is 3.89. The van der Waals surface area contributed by atoms with Crippen molar-refractivity contribution in [1.82, 2.24) is 14.8 Å². The number of pyridine rings is 1. The summed E-state index contributed by atoms with van der Waals surface area (Å²) in [4.78, 5) is 15.4. The Balaban J connectivity index is 2.14. The van der Waals surface area contributed by atoms with E-state index in [-0.39, 0.29) is 5.56 Å². The number of aryl methyl sites for hydroxylation is 2. The van der Waals surface area contributed by atoms with Crippen LogP contribution in [-0.2, 0) is 0 Å². The lowest BCUT2D eigenvalue weighted by atomic mass is 9.97. The molecule has 2 heterocycles. The van der Waals surface area contributed by atoms with Crippen molar-refractivity contribution < 1.29 is 0 Å². The molecule has 2 aromatic carbocycles. The van der Waals surface area contributed by atoms with Crippen LogP contribution in [0.25, 0.3) is 27.8 Å². The minimum Gasteiger partial charge on any atom is -0.305 e. The molecular weight excluding hydrogens is 324 g/mol. The van der Waals surface area contributed by atoms with Gasteiger partial charge in [-0.15, -0.1) is 0 Å². The largest absolute Gasteiger partial charge is 0.305 e. The monoisotopic (exact) mass is 340 g/mol. The quantitative estimate of drug-likeness (QED) is 0.602. The lowest BCUT2D eigenvalue weighted by Crippen LogP contribution is -2.13. The molecular formula is C21H16N4O. The van der Waals surface area contributed by atoms with E-state index in [1.807, 2.05) is 68.4 Å². The normalized spacial score (nSPS) is 10.8. The van der Waals surface area contributed by atoms with E-state index in [2.05, 4.69) is 16.2 Å². The molecule has 0 bridgehead atoms. The van der Waals surface area contributed by atoms with E-state index in [0.717, 1.165) is 27.9 Å². The molecule has 5 nitrogen and oxygen atoms in total. The van der Waals surface area contributed by atoms with E-state index in [0.29, 0.717) is 11.2 Å². The van der Waals surface area contributed by atoms with Gasteiger partial charge < -0.3 is 4.98 Å². The predicted molar refractivity (Wildman–Crippen MR) is 101 cm³/mol. The lowest BCUT2D eigenvalue weighted by Gasteiger charge is -2.08. The second kappa shape index (κ2) is 6.01. The molecule has 4 rings (SSSR count). The van der Waals surface area contributed by atoms with Gasteiger partial charge in [0, 0.05) is 10.9 Å². The van der Waals surface area contributed by atoms with Crippen molar-refractivity contribution in [2.45, 2.75) is 13.8 Å². The van der Waals surface area contributed by atoms with Crippen molar-refractivity contribution in [3.8, 4) is 22.9 Å². The second-order valence-corrected chi connectivity index (χ2v) is 6.24. The molecule has 0 spiro atoms. The third kappa shape index (κ3) is 2.40. The number of H-pyrrole nitrogens is 1. The molecule has 1 N–H and O–H groups in total. The summed E-state index contributed by atoms with van der Waals surface area (Å²) >= 11 is 0. The molecule has 0 saturated heterocycles. The Morgan fingerprint density at radius 2 is 1.73 bits per heavy atom. The molecule has 0 radical (unpaired) electrons. The molecule has 26 heavy (non-hydrogen) atoms. The maximum absolute atomic E-state index is 12.6. The first-order valence-electron chi connectivity index (χ1n) is 8.28. The number of rotatable bonds is 2. The van der Waals surface area contributed by atoms with Gasteiger partial charge in [0.25, 0.3) is 5.56 Å². The van der Waals surface area contributed by atoms with E-state index in [1.54, 1.807) is 4.68 Å². The Labute approximate surface area is 150 Å². The van der Waals surface area contributed by atoms with Crippen LogP contribution >= 0.6 is 0 Å². The van der Waals surface area contributed by atoms with Crippen LogP contribution < -0.4 is 5.56 Å². The Morgan fingerprint density at radius 3 is 2.38 bits per heavy atom. The minimum atomic E-state index is -0.410. The number of nitrogens with one attached hydrogen (secondary N) is 1. The van der Waals surface area contributed by atoms with Crippen molar-refractivity contribution in [2.75, 3.05) is 0 Å². The highest BCUT2D eigenvalue weighted by molar-refractivity contribution is 5.98. The Kier molecular flexibility index (Phi) is 3.67. The zero-order chi connectivity index (χ0) is 18.3. The highest BCUT2D eigenvalue weighted by Crippen LogP contribution is 2.32. The van der Waals surface area contributed by atoms with E-state index < -0.39 is 5.56 Å². The Bertz CT molecular complexity index is 1210. The molecule has 0 fully saturated rings. The van der Waals surface area contributed by atoms with E-state index >= 15 is 0 Å². The molecule has 0 unspecified atom stereocenters. The summed E-state index contributed by atoms with van der Waals surface area (Å²) in [7, 11) is 0. The maximum atomic E-state index is 12.6. The number of fused-ring (bicyclic) bond motifs is 1. The number of benzene rings is 2. The summed E-state index contributed by atoms with van der Waals surface area (Å²) in [5.74, 6) is 0. The van der Waals surface area contributed by atoms with Crippen LogP contribution in [0.4, 0.5) is 0 Å². The molecule has 0 aliphatic heterocycles. The van der Waals surface area contributed by atoms with Gasteiger partial charge in [0.15, 0.2) is 0 Å². The number of hydrogen-bond donors (Lipinski definition) is 1. The number of aromatic amines is 1. The smallest absolute Gasteiger partial charge is 0.268 e. The Morgan fingerprint density at radius 1 is 1.04 bits per heavy atom. The molecule has 0 aliphatic carbocycles. The van der Waals surface area contributed by atoms with Crippen molar-refractivity contribution in [3.63, 3.8) is 0 Å². The minimum absolute atomic E-state index is 0.108. The van der Waals surface area contributed by atoms with Gasteiger partial charge in [-0.2, -0.15) is 10.4 Å². The van der Waals surface area contributed by atoms with Crippen molar-refractivity contribution in [1.29, 1.82) is 5.26 Å². The average Bonchev–Trinajstić information content (AvgIpc) is 2.98. The fourth-order valence-corrected chi connectivity index (χ4v) is 3.22. The summed E-state index contributed by atoms with van der Waals surface area (Å²) in [6, 6.07) is 19.5. The highest BCUT2D eigenvalue weighted by atomic mass is 16.1. The van der Waals surface area contributed by atoms with Crippen LogP contribution in [0.2, 0.25) is 0 Å². The number of para-hydroxylation sites is 1. The SMILES string of the molecule is Cc1ccc(-c2c(C#N)c(=O)[nH]c3c2c(C)nn3-c2ccccc2)cc1. The van der Waals surface area contributed by atoms with Crippen LogP contribution in [0.3, 0.4) is 0 Å². The number of hydrogen-bond acceptors (Lipinski definition) is 3. The summed E-state index contributed by atoms with van der Waals surface area (Å²) < 4.78 is 1.71. The first-order valence-corrected chi connectivity index (χ1v) is 8.28. The topological polar surface area (TPSA) is 74.5 Å². The van der Waals surface area contributed by atoms with Crippen LogP contribution in [0.15, 0.2) is 59.4 Å². The fraction of sp³-hybridized carbons (Fsp3) is 0.0952. The molecule has 0 atom stereocenters. The summed E-state index contributed by atoms with van der Waals surface area (Å²) in [5, 5.41) is 15.0. The first kappa shape index (κ1) is 15.9. The molecule has 126 valence electrons. The van der Waals surface area contributed by atoms with Gasteiger partial charge in [0.05, 0.1) is 11.4 Å². The van der Waals surface area contributed by atoms with E-state index in [9.17, 15) is 10.1 Å². The van der Waals surface area contributed by atoms with Gasteiger partial charge in [0.1, 0.15) is 17.3 Å². The zero-order valence-electron chi connectivity index (χ0n) is 14.4. The van der Waals surface area contributed by atoms with E-state index in [4.69, 9.17) is 0 Å². The molecule has 2 aromatic heterocycles. The summed E-state index contributed by atoms with van der Waals surface area (Å²) in [5.41, 5.74) is 4.47. The number of aromatic nitrogens is 3. The molecule has 0 amide bonds. The number of nitriles is 1. The van der Waals surface area contributed by atoms with Crippen molar-refractivity contribution in [2.24, 2.45) is 0 Å². The zero-order valence-corrected chi connectivity index (χ0v) is 14.4. The van der Waals surface area contributed by atoms with Gasteiger partial charge in [-0.05, 0) is 31.5 Å². The first-order chi connectivity index (χ1) is 12.6. The van der Waals surface area contributed by atoms with Gasteiger partial charge >= 0.3 is 0 Å². The average molecular weight is 340 g/mol. The standard InChI is InChI=1S/C21H16N4O/c1-13-8-10-15(11-9-13)19-17(12-22)21(26)23-20-18(19)14(2)24-25(20)16-6-4-3-5-7-16/h3-11H,1-2H3,(H,23,26). The van der Waals surface area contributed by atoms with Crippen molar-refractivity contribution >= 4 is 11.0 Å². The molecule has 5 heteroatoms. The van der Waals surface area contributed by atoms with Crippen LogP contribution in [0, 0.1) is 25.2 Å². The third-order valence-corrected chi connectivity index (χ3v) is 4.47. The van der Waals surface area contributed by atoms with Crippen molar-refractivity contribution in [3.05, 3.63) is 81.8 Å². The molecule has 4 aromatic rings. The molecule has 0 saturated carbocycles. The fourth-order valence-electron chi connectivity index (χ4n) is 3.22. The van der Waals surface area contributed by atoms with Gasteiger partial charge in [-0.3, -0.25) is 4.79 Å². The highest BCUT2D eigenvalue weighted by Gasteiger charge is 2.20. The predicted octanol–water partition coefficient (Wildman–Crippen LogP) is 3.87. The van der Waals surface area contributed by atoms with Gasteiger partial charge in [0.2, 0.25) is 0 Å². The van der Waals surface area contributed by atoms with Gasteiger partial charge in [-0.1, -0.05) is 48.0 Å². The number of nitrogens with zero attached hydrogens (tertiary/aromatic N) is 3. The van der Waals surface area contributed by atoms with Crippen LogP contribution in [0.1, 0.15) is 16.8 Å². The van der Waals surface area contributed by atoms with Gasteiger partial charge in [-0.25, -0.2) is 4.68 Å². The maximum Gasteiger partial charge on any atom is 0.268 e.